The van der Waals surface area contributed by atoms with Gasteiger partial charge in [0.15, 0.2) is 46.5 Å². The summed E-state index contributed by atoms with van der Waals surface area (Å²) < 4.78 is 117. The highest BCUT2D eigenvalue weighted by molar-refractivity contribution is 7.80. The minimum Gasteiger partial charge on any atom is -0.343 e. The Kier molecular flexibility index (Phi) is 11.5. The third kappa shape index (κ3) is 7.73. The van der Waals surface area contributed by atoms with Crippen molar-refractivity contribution in [3.63, 3.8) is 0 Å². The molecular formula is C16H9F8N8O5PS. The molecule has 210 valence electrons. The van der Waals surface area contributed by atoms with Crippen LogP contribution in [0.25, 0.3) is 20.9 Å². The molecule has 2 aromatic carbocycles. The highest BCUT2D eigenvalue weighted by Gasteiger charge is 2.30. The van der Waals surface area contributed by atoms with Gasteiger partial charge < -0.3 is 20.4 Å². The van der Waals surface area contributed by atoms with Crippen molar-refractivity contribution in [2.75, 3.05) is 12.2 Å². The summed E-state index contributed by atoms with van der Waals surface area (Å²) in [5.41, 5.74) is 9.74. The molecule has 4 N–H and O–H groups in total. The molecular weight excluding hydrogens is 599 g/mol. The molecule has 2 rings (SSSR count). The lowest BCUT2D eigenvalue weighted by molar-refractivity contribution is 0.0940. The fourth-order valence-electron chi connectivity index (χ4n) is 2.33. The third-order valence-corrected chi connectivity index (χ3v) is 4.64. The van der Waals surface area contributed by atoms with Gasteiger partial charge in [0.1, 0.15) is 28.8 Å². The van der Waals surface area contributed by atoms with Crippen molar-refractivity contribution in [3.05, 3.63) is 78.6 Å². The van der Waals surface area contributed by atoms with E-state index in [0.717, 1.165) is 0 Å². The number of rotatable bonds is 7. The second-order valence-electron chi connectivity index (χ2n) is 6.33. The molecule has 0 aromatic heterocycles. The summed E-state index contributed by atoms with van der Waals surface area (Å²) in [6.45, 7) is 0. The molecule has 0 spiro atoms. The molecule has 0 unspecified atom stereocenters. The zero-order valence-corrected chi connectivity index (χ0v) is 19.9. The zero-order valence-electron chi connectivity index (χ0n) is 18.1. The van der Waals surface area contributed by atoms with E-state index in [1.165, 1.54) is 5.32 Å². The van der Waals surface area contributed by atoms with Crippen molar-refractivity contribution < 1.29 is 59.1 Å². The first kappa shape index (κ1) is 33.0. The smallest absolute Gasteiger partial charge is 0.343 e. The van der Waals surface area contributed by atoms with Crippen LogP contribution in [0, 0.1) is 46.5 Å². The van der Waals surface area contributed by atoms with Gasteiger partial charge in [0.05, 0.1) is 5.88 Å². The number of hydrogen-bond acceptors (Lipinski definition) is 6. The van der Waals surface area contributed by atoms with Crippen LogP contribution in [0.4, 0.5) is 46.5 Å². The maximum absolute atomic E-state index is 13.5. The number of hydrogen-bond donors (Lipinski definition) is 5. The lowest BCUT2D eigenvalue weighted by atomic mass is 10.1. The van der Waals surface area contributed by atoms with Crippen LogP contribution >= 0.6 is 20.2 Å². The molecule has 0 radical (unpaired) electrons. The largest absolute Gasteiger partial charge is 0.344 e. The van der Waals surface area contributed by atoms with Crippen molar-refractivity contribution in [1.82, 2.24) is 10.6 Å². The molecule has 0 aliphatic carbocycles. The molecule has 39 heavy (non-hydrogen) atoms. The van der Waals surface area contributed by atoms with Crippen LogP contribution in [0.15, 0.2) is 10.2 Å². The summed E-state index contributed by atoms with van der Waals surface area (Å²) in [5.74, 6) is -19.8. The van der Waals surface area contributed by atoms with Gasteiger partial charge in [-0.25, -0.2) is 35.1 Å². The molecule has 2 aromatic rings. The summed E-state index contributed by atoms with van der Waals surface area (Å²) in [6.07, 6.45) is -1.30. The van der Waals surface area contributed by atoms with Gasteiger partial charge in [0.2, 0.25) is 0 Å². The number of halogens is 8. The van der Waals surface area contributed by atoms with Crippen molar-refractivity contribution in [1.29, 1.82) is 0 Å². The number of thiol groups is 1. The van der Waals surface area contributed by atoms with E-state index >= 15 is 0 Å². The van der Waals surface area contributed by atoms with Crippen LogP contribution in [0.2, 0.25) is 0 Å². The van der Waals surface area contributed by atoms with Crippen LogP contribution in [0.1, 0.15) is 20.7 Å². The zero-order chi connectivity index (χ0) is 30.2. The Morgan fingerprint density at radius 2 is 1.03 bits per heavy atom. The monoisotopic (exact) mass is 608 g/mol. The number of nitrogens with zero attached hydrogens (tertiary/aromatic N) is 6. The first-order chi connectivity index (χ1) is 18.0. The number of azide groups is 2. The SMILES string of the molecule is [N-]=[N+]=Nc1c(F)c(F)c(C(=O)NCP(=O)(O)O)c(F)c1F.[N-]=[N+]=Nc1c(F)c(F)c(C(=O)NCS)c(F)c1F. The second-order valence-corrected chi connectivity index (χ2v) is 8.29. The van der Waals surface area contributed by atoms with Gasteiger partial charge in [0, 0.05) is 9.82 Å². The fourth-order valence-corrected chi connectivity index (χ4v) is 2.82. The maximum Gasteiger partial charge on any atom is 0.344 e. The van der Waals surface area contributed by atoms with E-state index in [9.17, 15) is 49.3 Å². The Morgan fingerprint density at radius 1 is 0.718 bits per heavy atom. The lowest BCUT2D eigenvalue weighted by Gasteiger charge is -2.10. The first-order valence-corrected chi connectivity index (χ1v) is 11.5. The quantitative estimate of drug-likeness (QED) is 0.0434. The Balaban J connectivity index is 0.000000395. The lowest BCUT2D eigenvalue weighted by Crippen LogP contribution is -2.27. The van der Waals surface area contributed by atoms with Crippen LogP contribution < -0.4 is 10.6 Å². The van der Waals surface area contributed by atoms with E-state index in [2.05, 4.69) is 22.9 Å². The molecule has 0 fully saturated rings. The van der Waals surface area contributed by atoms with Gasteiger partial charge in [0.25, 0.3) is 11.8 Å². The van der Waals surface area contributed by atoms with Crippen molar-refractivity contribution >= 4 is 43.4 Å². The van der Waals surface area contributed by atoms with E-state index in [1.54, 1.807) is 0 Å². The number of carbonyl (C=O) groups is 2. The second kappa shape index (κ2) is 13.7. The fraction of sp³-hybridized carbons (Fsp3) is 0.125. The third-order valence-electron chi connectivity index (χ3n) is 3.91. The molecule has 2 amide bonds. The Morgan fingerprint density at radius 3 is 1.28 bits per heavy atom. The Hall–Kier alpha value is -4.06. The molecule has 23 heteroatoms. The number of benzene rings is 2. The average molecular weight is 608 g/mol. The predicted molar refractivity (Wildman–Crippen MR) is 116 cm³/mol. The van der Waals surface area contributed by atoms with Crippen LogP contribution in [-0.4, -0.2) is 33.8 Å². The minimum absolute atomic E-state index is 0.293. The molecule has 0 bridgehead atoms. The molecule has 0 aliphatic heterocycles. The molecule has 0 heterocycles. The Labute approximate surface area is 214 Å². The number of amides is 2. The summed E-state index contributed by atoms with van der Waals surface area (Å²) in [5, 5.41) is 8.15. The summed E-state index contributed by atoms with van der Waals surface area (Å²) in [6, 6.07) is 0. The molecule has 0 saturated heterocycles. The van der Waals surface area contributed by atoms with Gasteiger partial charge in [-0.3, -0.25) is 14.2 Å². The molecule has 0 saturated carbocycles. The Bertz CT molecular complexity index is 1420. The van der Waals surface area contributed by atoms with E-state index in [-0.39, 0.29) is 5.88 Å². The van der Waals surface area contributed by atoms with Gasteiger partial charge in [-0.05, 0) is 11.1 Å². The predicted octanol–water partition coefficient (Wildman–Crippen LogP) is 4.85. The molecule has 0 atom stereocenters. The number of nitrogens with one attached hydrogen (secondary N) is 2. The summed E-state index contributed by atoms with van der Waals surface area (Å²) >= 11 is 3.55. The van der Waals surface area contributed by atoms with Crippen LogP contribution in [-0.2, 0) is 4.57 Å². The van der Waals surface area contributed by atoms with Crippen molar-refractivity contribution in [2.24, 2.45) is 10.2 Å². The highest BCUT2D eigenvalue weighted by atomic mass is 32.1. The normalized spacial score (nSPS) is 10.4. The highest BCUT2D eigenvalue weighted by Crippen LogP contribution is 2.34. The van der Waals surface area contributed by atoms with Crippen LogP contribution in [0.3, 0.4) is 0 Å². The topological polar surface area (TPSA) is 213 Å². The van der Waals surface area contributed by atoms with Gasteiger partial charge in [-0.15, -0.1) is 0 Å². The summed E-state index contributed by atoms with van der Waals surface area (Å²) in [4.78, 5) is 43.5. The summed E-state index contributed by atoms with van der Waals surface area (Å²) in [7, 11) is -4.75. The number of carbonyl (C=O) groups excluding carboxylic acids is 2. The van der Waals surface area contributed by atoms with Gasteiger partial charge in [-0.1, -0.05) is 10.2 Å². The average Bonchev–Trinajstić information content (AvgIpc) is 2.86. The van der Waals surface area contributed by atoms with E-state index in [0.29, 0.717) is 0 Å². The maximum atomic E-state index is 13.5. The van der Waals surface area contributed by atoms with E-state index in [1.807, 2.05) is 15.1 Å². The standard InChI is InChI=1S/C8H5F4N4O4P.C8H4F4N4OS/c9-3-2(8(17)14-1-21(18,19)20)4(10)6(12)7(5(3)11)15-16-13;9-3-2(8(17)14-1-18)4(10)6(12)7(5(3)11)15-16-13/h1H2,(H,14,17)(H2,18,19,20);18H,1H2,(H,14,17). The van der Waals surface area contributed by atoms with Gasteiger partial charge in [-0.2, -0.15) is 12.6 Å². The minimum atomic E-state index is -4.75. The van der Waals surface area contributed by atoms with E-state index < -0.39 is 94.7 Å². The molecule has 0 aliphatic rings. The first-order valence-electron chi connectivity index (χ1n) is 9.09. The van der Waals surface area contributed by atoms with Crippen molar-refractivity contribution in [2.45, 2.75) is 0 Å². The van der Waals surface area contributed by atoms with E-state index in [4.69, 9.17) is 20.8 Å². The molecule has 13 nitrogen and oxygen atoms in total. The van der Waals surface area contributed by atoms with Gasteiger partial charge >= 0.3 is 7.60 Å². The van der Waals surface area contributed by atoms with Crippen molar-refractivity contribution in [3.8, 4) is 0 Å². The van der Waals surface area contributed by atoms with Crippen LogP contribution in [0.5, 0.6) is 0 Å².